The van der Waals surface area contributed by atoms with Crippen molar-refractivity contribution in [3.05, 3.63) is 35.4 Å². The zero-order valence-corrected chi connectivity index (χ0v) is 19.1. The second-order valence-corrected chi connectivity index (χ2v) is 7.38. The van der Waals surface area contributed by atoms with Gasteiger partial charge in [0, 0.05) is 39.3 Å². The van der Waals surface area contributed by atoms with E-state index in [1.165, 1.54) is 31.5 Å². The molecule has 1 aliphatic heterocycles. The second kappa shape index (κ2) is 14.4. The van der Waals surface area contributed by atoms with Crippen molar-refractivity contribution in [3.63, 3.8) is 0 Å². The Kier molecular flexibility index (Phi) is 14.1. The largest absolute Gasteiger partial charge is 0.351 e. The quantitative estimate of drug-likeness (QED) is 0.603. The van der Waals surface area contributed by atoms with E-state index in [0.717, 1.165) is 44.2 Å². The maximum atomic E-state index is 11.8. The number of piperazine rings is 1. The normalized spacial score (nSPS) is 17.0. The first kappa shape index (κ1) is 27.4. The van der Waals surface area contributed by atoms with Gasteiger partial charge in [-0.05, 0) is 43.0 Å². The van der Waals surface area contributed by atoms with Gasteiger partial charge in [-0.1, -0.05) is 31.2 Å². The molecule has 0 aromatic heterocycles. The van der Waals surface area contributed by atoms with E-state index < -0.39 is 0 Å². The van der Waals surface area contributed by atoms with E-state index in [4.69, 9.17) is 0 Å². The van der Waals surface area contributed by atoms with E-state index in [-0.39, 0.29) is 43.1 Å². The van der Waals surface area contributed by atoms with Crippen LogP contribution in [0.25, 0.3) is 0 Å². The molecule has 0 atom stereocenters. The number of likely N-dealkylation sites (N-methyl/N-ethyl adjacent to an activating group) is 1. The number of carbonyl (C=O) groups is 1. The summed E-state index contributed by atoms with van der Waals surface area (Å²) in [6, 6.07) is 8.66. The number of amides is 1. The van der Waals surface area contributed by atoms with E-state index in [9.17, 15) is 4.79 Å². The predicted octanol–water partition coefficient (Wildman–Crippen LogP) is 2.71. The number of benzene rings is 1. The van der Waals surface area contributed by atoms with Crippen molar-refractivity contribution in [1.29, 1.82) is 0 Å². The molecule has 2 aliphatic rings. The van der Waals surface area contributed by atoms with Crippen LogP contribution in [0.15, 0.2) is 24.3 Å². The summed E-state index contributed by atoms with van der Waals surface area (Å²) in [4.78, 5) is 16.8. The highest BCUT2D eigenvalue weighted by Crippen LogP contribution is 2.27. The smallest absolute Gasteiger partial charge is 0.234 e. The maximum Gasteiger partial charge on any atom is 0.234 e. The summed E-state index contributed by atoms with van der Waals surface area (Å²) in [6.07, 6.45) is 2.63. The minimum absolute atomic E-state index is 0. The zero-order chi connectivity index (χ0) is 17.5. The predicted molar refractivity (Wildman–Crippen MR) is 123 cm³/mol. The Morgan fingerprint density at radius 1 is 0.964 bits per heavy atom. The Balaban J connectivity index is 0.00000243. The van der Waals surface area contributed by atoms with Crippen molar-refractivity contribution in [2.24, 2.45) is 5.92 Å². The monoisotopic (exact) mass is 452 g/mol. The van der Waals surface area contributed by atoms with Crippen molar-refractivity contribution in [2.75, 3.05) is 45.8 Å². The third kappa shape index (κ3) is 9.77. The summed E-state index contributed by atoms with van der Waals surface area (Å²) in [6.45, 7) is 11.1. The summed E-state index contributed by atoms with van der Waals surface area (Å²) >= 11 is 0. The minimum atomic E-state index is 0. The van der Waals surface area contributed by atoms with Gasteiger partial charge < -0.3 is 15.5 Å². The summed E-state index contributed by atoms with van der Waals surface area (Å²) < 4.78 is 0. The van der Waals surface area contributed by atoms with Gasteiger partial charge in [0.25, 0.3) is 0 Å². The second-order valence-electron chi connectivity index (χ2n) is 7.38. The molecule has 1 aromatic rings. The number of carbonyl (C=O) groups excluding carboxylic acids is 1. The van der Waals surface area contributed by atoms with Gasteiger partial charge in [0.05, 0.1) is 6.54 Å². The van der Waals surface area contributed by atoms with Crippen molar-refractivity contribution in [2.45, 2.75) is 32.9 Å². The van der Waals surface area contributed by atoms with Crippen LogP contribution in [0.5, 0.6) is 0 Å². The average molecular weight is 454 g/mol. The SMILES string of the molecule is CCN1CCN(Cc2ccc(CNC(=O)CNCC3CC3)cc2)CC1.Cl.Cl.Cl. The molecule has 1 amide bonds. The average Bonchev–Trinajstić information content (AvgIpc) is 3.46. The summed E-state index contributed by atoms with van der Waals surface area (Å²) in [5.41, 5.74) is 2.52. The molecule has 162 valence electrons. The molecular formula is C20H35Cl3N4O. The van der Waals surface area contributed by atoms with Crippen molar-refractivity contribution in [3.8, 4) is 0 Å². The van der Waals surface area contributed by atoms with E-state index in [2.05, 4.69) is 51.6 Å². The van der Waals surface area contributed by atoms with Crippen molar-refractivity contribution < 1.29 is 4.79 Å². The van der Waals surface area contributed by atoms with E-state index in [1.54, 1.807) is 0 Å². The highest BCUT2D eigenvalue weighted by molar-refractivity contribution is 5.86. The molecule has 1 saturated heterocycles. The Morgan fingerprint density at radius 3 is 2.11 bits per heavy atom. The number of nitrogens with one attached hydrogen (secondary N) is 2. The Labute approximate surface area is 188 Å². The molecule has 0 unspecified atom stereocenters. The summed E-state index contributed by atoms with van der Waals surface area (Å²) in [7, 11) is 0. The molecule has 3 rings (SSSR count). The molecular weight excluding hydrogens is 419 g/mol. The van der Waals surface area contributed by atoms with Crippen molar-refractivity contribution >= 4 is 43.1 Å². The standard InChI is InChI=1S/C20H32N4O.3ClH/c1-2-23-9-11-24(12-10-23)16-19-7-5-18(6-8-19)14-22-20(25)15-21-13-17-3-4-17;;;/h5-8,17,21H,2-4,9-16H2,1H3,(H,22,25);3*1H. The van der Waals surface area contributed by atoms with Crippen LogP contribution in [-0.4, -0.2) is 61.5 Å². The van der Waals surface area contributed by atoms with Gasteiger partial charge in [-0.3, -0.25) is 9.69 Å². The third-order valence-corrected chi connectivity index (χ3v) is 5.25. The molecule has 1 aromatic carbocycles. The maximum absolute atomic E-state index is 11.8. The van der Waals surface area contributed by atoms with E-state index in [0.29, 0.717) is 13.1 Å². The number of nitrogens with zero attached hydrogens (tertiary/aromatic N) is 2. The minimum Gasteiger partial charge on any atom is -0.351 e. The molecule has 1 heterocycles. The van der Waals surface area contributed by atoms with Crippen LogP contribution >= 0.6 is 37.2 Å². The molecule has 0 radical (unpaired) electrons. The Bertz CT molecular complexity index is 547. The molecule has 2 N–H and O–H groups in total. The number of hydrogen-bond donors (Lipinski definition) is 2. The van der Waals surface area contributed by atoms with Gasteiger partial charge in [-0.25, -0.2) is 0 Å². The van der Waals surface area contributed by atoms with Gasteiger partial charge in [0.2, 0.25) is 5.91 Å². The lowest BCUT2D eigenvalue weighted by atomic mass is 10.1. The van der Waals surface area contributed by atoms with Gasteiger partial charge in [-0.15, -0.1) is 37.2 Å². The van der Waals surface area contributed by atoms with Crippen LogP contribution < -0.4 is 10.6 Å². The van der Waals surface area contributed by atoms with Crippen LogP contribution in [0.2, 0.25) is 0 Å². The summed E-state index contributed by atoms with van der Waals surface area (Å²) in [5.74, 6) is 0.892. The first-order valence-corrected chi connectivity index (χ1v) is 9.73. The lowest BCUT2D eigenvalue weighted by Gasteiger charge is -2.34. The van der Waals surface area contributed by atoms with Gasteiger partial charge in [0.15, 0.2) is 0 Å². The lowest BCUT2D eigenvalue weighted by Crippen LogP contribution is -2.45. The third-order valence-electron chi connectivity index (χ3n) is 5.25. The molecule has 0 spiro atoms. The molecule has 1 aliphatic carbocycles. The van der Waals surface area contributed by atoms with Crippen LogP contribution in [-0.2, 0) is 17.9 Å². The fourth-order valence-corrected chi connectivity index (χ4v) is 3.26. The number of hydrogen-bond acceptors (Lipinski definition) is 4. The molecule has 28 heavy (non-hydrogen) atoms. The fraction of sp³-hybridized carbons (Fsp3) is 0.650. The molecule has 2 fully saturated rings. The first-order valence-electron chi connectivity index (χ1n) is 9.73. The highest BCUT2D eigenvalue weighted by atomic mass is 35.5. The molecule has 8 heteroatoms. The molecule has 5 nitrogen and oxygen atoms in total. The summed E-state index contributed by atoms with van der Waals surface area (Å²) in [5, 5.41) is 6.21. The highest BCUT2D eigenvalue weighted by Gasteiger charge is 2.20. The number of halogens is 3. The molecule has 1 saturated carbocycles. The lowest BCUT2D eigenvalue weighted by molar-refractivity contribution is -0.120. The number of rotatable bonds is 9. The molecule has 0 bridgehead atoms. The topological polar surface area (TPSA) is 47.6 Å². The van der Waals surface area contributed by atoms with Gasteiger partial charge in [0.1, 0.15) is 0 Å². The van der Waals surface area contributed by atoms with Crippen LogP contribution in [0.3, 0.4) is 0 Å². The zero-order valence-electron chi connectivity index (χ0n) is 16.7. The van der Waals surface area contributed by atoms with E-state index in [1.807, 2.05) is 0 Å². The fourth-order valence-electron chi connectivity index (χ4n) is 3.26. The van der Waals surface area contributed by atoms with E-state index >= 15 is 0 Å². The van der Waals surface area contributed by atoms with Crippen LogP contribution in [0.1, 0.15) is 30.9 Å². The van der Waals surface area contributed by atoms with Gasteiger partial charge in [-0.2, -0.15) is 0 Å². The van der Waals surface area contributed by atoms with Crippen LogP contribution in [0.4, 0.5) is 0 Å². The van der Waals surface area contributed by atoms with Gasteiger partial charge >= 0.3 is 0 Å². The Hall–Kier alpha value is -0.560. The van der Waals surface area contributed by atoms with Crippen molar-refractivity contribution in [1.82, 2.24) is 20.4 Å². The Morgan fingerprint density at radius 2 is 1.54 bits per heavy atom. The van der Waals surface area contributed by atoms with Crippen LogP contribution in [0, 0.1) is 5.92 Å². The first-order chi connectivity index (χ1) is 12.2.